The summed E-state index contributed by atoms with van der Waals surface area (Å²) in [5.41, 5.74) is 5.16. The van der Waals surface area contributed by atoms with E-state index in [0.29, 0.717) is 0 Å². The summed E-state index contributed by atoms with van der Waals surface area (Å²) in [7, 11) is 0. The van der Waals surface area contributed by atoms with Gasteiger partial charge in [-0.15, -0.1) is 0 Å². The molecule has 0 bridgehead atoms. The van der Waals surface area contributed by atoms with Crippen LogP contribution >= 0.6 is 0 Å². The molecule has 1 fully saturated rings. The first kappa shape index (κ1) is 9.40. The maximum Gasteiger partial charge on any atom is 0.335 e. The second kappa shape index (κ2) is 3.36. The van der Waals surface area contributed by atoms with Crippen molar-refractivity contribution < 1.29 is 24.9 Å². The summed E-state index contributed by atoms with van der Waals surface area (Å²) < 4.78 is 4.77. The van der Waals surface area contributed by atoms with E-state index < -0.39 is 30.4 Å². The average Bonchev–Trinajstić information content (AvgIpc) is 2.30. The molecule has 1 unspecified atom stereocenters. The molecule has 0 spiro atoms. The van der Waals surface area contributed by atoms with Crippen molar-refractivity contribution in [3.63, 3.8) is 0 Å². The van der Waals surface area contributed by atoms with Gasteiger partial charge in [-0.2, -0.15) is 0 Å². The fourth-order valence-corrected chi connectivity index (χ4v) is 1.15. The van der Waals surface area contributed by atoms with Gasteiger partial charge in [0.25, 0.3) is 0 Å². The molecule has 0 aromatic rings. The number of hydrogen-bond donors (Lipinski definition) is 4. The van der Waals surface area contributed by atoms with E-state index in [-0.39, 0.29) is 6.54 Å². The predicted molar refractivity (Wildman–Crippen MR) is 37.4 cm³/mol. The van der Waals surface area contributed by atoms with Crippen LogP contribution in [0.15, 0.2) is 0 Å². The summed E-state index contributed by atoms with van der Waals surface area (Å²) in [4.78, 5) is 10.4. The van der Waals surface area contributed by atoms with Gasteiger partial charge in [0.2, 0.25) is 0 Å². The van der Waals surface area contributed by atoms with Gasteiger partial charge in [0.15, 0.2) is 6.10 Å². The van der Waals surface area contributed by atoms with Crippen LogP contribution in [-0.2, 0) is 9.53 Å². The van der Waals surface area contributed by atoms with E-state index >= 15 is 0 Å². The molecule has 1 aliphatic heterocycles. The van der Waals surface area contributed by atoms with E-state index in [1.165, 1.54) is 0 Å². The van der Waals surface area contributed by atoms with E-state index in [0.717, 1.165) is 0 Å². The van der Waals surface area contributed by atoms with E-state index in [1.807, 2.05) is 0 Å². The Balaban J connectivity index is 2.66. The molecule has 6 heteroatoms. The first-order chi connectivity index (χ1) is 5.57. The number of carboxylic acid groups (broad SMARTS) is 1. The maximum absolute atomic E-state index is 10.4. The second-order valence-corrected chi connectivity index (χ2v) is 2.65. The Morgan fingerprint density at radius 2 is 2.00 bits per heavy atom. The number of carbonyl (C=O) groups is 1. The monoisotopic (exact) mass is 177 g/mol. The van der Waals surface area contributed by atoms with Crippen LogP contribution in [0.25, 0.3) is 0 Å². The van der Waals surface area contributed by atoms with Crippen LogP contribution in [0.1, 0.15) is 0 Å². The summed E-state index contributed by atoms with van der Waals surface area (Å²) in [6.45, 7) is -0.0119. The maximum atomic E-state index is 10.4. The summed E-state index contributed by atoms with van der Waals surface area (Å²) >= 11 is 0. The van der Waals surface area contributed by atoms with Gasteiger partial charge in [-0.25, -0.2) is 4.79 Å². The molecular weight excluding hydrogens is 166 g/mol. The van der Waals surface area contributed by atoms with Gasteiger partial charge < -0.3 is 25.8 Å². The minimum absolute atomic E-state index is 0.0119. The molecule has 1 saturated heterocycles. The van der Waals surface area contributed by atoms with Crippen molar-refractivity contribution in [1.29, 1.82) is 0 Å². The number of rotatable bonds is 2. The van der Waals surface area contributed by atoms with Crippen molar-refractivity contribution in [3.05, 3.63) is 0 Å². The third kappa shape index (κ3) is 1.42. The zero-order valence-corrected chi connectivity index (χ0v) is 6.25. The van der Waals surface area contributed by atoms with Gasteiger partial charge in [-0.1, -0.05) is 0 Å². The van der Waals surface area contributed by atoms with Crippen molar-refractivity contribution >= 4 is 5.97 Å². The standard InChI is InChI=1S/C6H11NO5/c7-1-2-3(8)4(9)5(12-2)6(10)11/h2-5,8-9H,1,7H2,(H,10,11)/t2?,3-,4+,5+/m1/s1. The van der Waals surface area contributed by atoms with Crippen LogP contribution < -0.4 is 5.73 Å². The van der Waals surface area contributed by atoms with E-state index in [9.17, 15) is 4.79 Å². The lowest BCUT2D eigenvalue weighted by Gasteiger charge is -2.10. The average molecular weight is 177 g/mol. The van der Waals surface area contributed by atoms with Crippen LogP contribution in [0.5, 0.6) is 0 Å². The topological polar surface area (TPSA) is 113 Å². The van der Waals surface area contributed by atoms with E-state index in [2.05, 4.69) is 0 Å². The Labute approximate surface area is 68.6 Å². The molecule has 1 heterocycles. The van der Waals surface area contributed by atoms with Crippen molar-refractivity contribution in [2.45, 2.75) is 24.4 Å². The number of aliphatic hydroxyl groups is 2. The van der Waals surface area contributed by atoms with Crippen LogP contribution in [0, 0.1) is 0 Å². The van der Waals surface area contributed by atoms with Gasteiger partial charge in [-0.3, -0.25) is 0 Å². The van der Waals surface area contributed by atoms with Crippen molar-refractivity contribution in [1.82, 2.24) is 0 Å². The lowest BCUT2D eigenvalue weighted by molar-refractivity contribution is -0.153. The Kier molecular flexibility index (Phi) is 2.63. The number of hydrogen-bond acceptors (Lipinski definition) is 5. The van der Waals surface area contributed by atoms with E-state index in [1.54, 1.807) is 0 Å². The number of ether oxygens (including phenoxy) is 1. The summed E-state index contributed by atoms with van der Waals surface area (Å²) in [6.07, 6.45) is -4.76. The molecule has 0 aromatic heterocycles. The largest absolute Gasteiger partial charge is 0.479 e. The number of aliphatic carboxylic acids is 1. The fraction of sp³-hybridized carbons (Fsp3) is 0.833. The summed E-state index contributed by atoms with van der Waals surface area (Å²) in [5.74, 6) is -1.29. The van der Waals surface area contributed by atoms with Crippen molar-refractivity contribution in [3.8, 4) is 0 Å². The van der Waals surface area contributed by atoms with Crippen molar-refractivity contribution in [2.24, 2.45) is 5.73 Å². The number of nitrogens with two attached hydrogens (primary N) is 1. The smallest absolute Gasteiger partial charge is 0.335 e. The minimum atomic E-state index is -1.39. The molecule has 70 valence electrons. The van der Waals surface area contributed by atoms with Crippen LogP contribution in [0.2, 0.25) is 0 Å². The highest BCUT2D eigenvalue weighted by Gasteiger charge is 2.45. The van der Waals surface area contributed by atoms with Crippen molar-refractivity contribution in [2.75, 3.05) is 6.54 Å². The SMILES string of the molecule is NCC1O[C@H](C(=O)O)[C@@H](O)[C@@H]1O. The molecule has 1 aliphatic rings. The fourth-order valence-electron chi connectivity index (χ4n) is 1.15. The molecule has 0 aliphatic carbocycles. The zero-order valence-electron chi connectivity index (χ0n) is 6.25. The molecule has 0 radical (unpaired) electrons. The Morgan fingerprint density at radius 1 is 1.42 bits per heavy atom. The molecule has 1 rings (SSSR count). The second-order valence-electron chi connectivity index (χ2n) is 2.65. The quantitative estimate of drug-likeness (QED) is 0.371. The first-order valence-electron chi connectivity index (χ1n) is 3.52. The minimum Gasteiger partial charge on any atom is -0.479 e. The molecule has 0 saturated carbocycles. The lowest BCUT2D eigenvalue weighted by Crippen LogP contribution is -2.37. The Bertz CT molecular complexity index is 185. The van der Waals surface area contributed by atoms with Crippen LogP contribution in [-0.4, -0.2) is 52.2 Å². The highest BCUT2D eigenvalue weighted by molar-refractivity contribution is 5.73. The Hall–Kier alpha value is -0.690. The normalized spacial score (nSPS) is 41.6. The van der Waals surface area contributed by atoms with Gasteiger partial charge >= 0.3 is 5.97 Å². The molecule has 12 heavy (non-hydrogen) atoms. The van der Waals surface area contributed by atoms with E-state index in [4.69, 9.17) is 25.8 Å². The lowest BCUT2D eigenvalue weighted by atomic mass is 10.1. The van der Waals surface area contributed by atoms with Gasteiger partial charge in [-0.05, 0) is 0 Å². The van der Waals surface area contributed by atoms with Crippen LogP contribution in [0.3, 0.4) is 0 Å². The summed E-state index contributed by atoms with van der Waals surface area (Å²) in [6, 6.07) is 0. The van der Waals surface area contributed by atoms with Gasteiger partial charge in [0.1, 0.15) is 12.2 Å². The molecule has 0 aromatic carbocycles. The van der Waals surface area contributed by atoms with Gasteiger partial charge in [0, 0.05) is 6.54 Å². The molecular formula is C6H11NO5. The molecule has 5 N–H and O–H groups in total. The van der Waals surface area contributed by atoms with Gasteiger partial charge in [0.05, 0.1) is 6.10 Å². The predicted octanol–water partition coefficient (Wildman–Crippen LogP) is -2.48. The Morgan fingerprint density at radius 3 is 2.25 bits per heavy atom. The third-order valence-corrected chi connectivity index (χ3v) is 1.84. The highest BCUT2D eigenvalue weighted by atomic mass is 16.6. The first-order valence-corrected chi connectivity index (χ1v) is 3.52. The highest BCUT2D eigenvalue weighted by Crippen LogP contribution is 2.20. The molecule has 6 nitrogen and oxygen atoms in total. The summed E-state index contributed by atoms with van der Waals surface area (Å²) in [5, 5.41) is 26.8. The third-order valence-electron chi connectivity index (χ3n) is 1.84. The number of aliphatic hydroxyl groups excluding tert-OH is 2. The molecule has 4 atom stereocenters. The number of carboxylic acids is 1. The molecule has 0 amide bonds. The zero-order chi connectivity index (χ0) is 9.30. The van der Waals surface area contributed by atoms with Crippen LogP contribution in [0.4, 0.5) is 0 Å².